The Kier molecular flexibility index (Phi) is 35.0. The van der Waals surface area contributed by atoms with Gasteiger partial charge in [0, 0.05) is 0 Å². The zero-order valence-corrected chi connectivity index (χ0v) is 25.8. The fraction of sp³-hybridized carbons (Fsp3) is 0.778. The second-order valence-electron chi connectivity index (χ2n) is 10.7. The lowest BCUT2D eigenvalue weighted by atomic mass is 9.92. The summed E-state index contributed by atoms with van der Waals surface area (Å²) in [4.78, 5) is 0. The van der Waals surface area contributed by atoms with Crippen molar-refractivity contribution in [2.75, 3.05) is 0 Å². The van der Waals surface area contributed by atoms with Crippen molar-refractivity contribution < 1.29 is 0 Å². The highest BCUT2D eigenvalue weighted by Gasteiger charge is 2.05. The highest BCUT2D eigenvalue weighted by molar-refractivity contribution is 5.13. The van der Waals surface area contributed by atoms with Crippen LogP contribution >= 0.6 is 0 Å². The Morgan fingerprint density at radius 1 is 0.556 bits per heavy atom. The maximum Gasteiger partial charge on any atom is -0.0307 e. The zero-order chi connectivity index (χ0) is 27.0. The number of rotatable bonds is 22. The minimum Gasteiger partial charge on any atom is -0.103 e. The van der Waals surface area contributed by atoms with E-state index in [1.807, 2.05) is 12.1 Å². The molecule has 0 amide bonds. The molecule has 36 heavy (non-hydrogen) atoms. The van der Waals surface area contributed by atoms with E-state index in [2.05, 4.69) is 65.5 Å². The molecule has 0 aromatic heterocycles. The van der Waals surface area contributed by atoms with Crippen molar-refractivity contribution in [1.29, 1.82) is 0 Å². The van der Waals surface area contributed by atoms with Gasteiger partial charge in [-0.1, -0.05) is 199 Å². The van der Waals surface area contributed by atoms with Crippen LogP contribution in [0.25, 0.3) is 0 Å². The zero-order valence-electron chi connectivity index (χ0n) is 25.8. The first-order valence-corrected chi connectivity index (χ1v) is 16.3. The molecule has 0 fully saturated rings. The van der Waals surface area contributed by atoms with E-state index in [4.69, 9.17) is 0 Å². The van der Waals surface area contributed by atoms with Gasteiger partial charge in [-0.25, -0.2) is 0 Å². The van der Waals surface area contributed by atoms with Gasteiger partial charge in [0.2, 0.25) is 0 Å². The molecule has 0 saturated heterocycles. The molecule has 0 aliphatic heterocycles. The maximum atomic E-state index is 3.48. The van der Waals surface area contributed by atoms with Crippen LogP contribution < -0.4 is 0 Å². The lowest BCUT2D eigenvalue weighted by molar-refractivity contribution is 0.392. The predicted octanol–water partition coefficient (Wildman–Crippen LogP) is 13.3. The summed E-state index contributed by atoms with van der Waals surface area (Å²) >= 11 is 0. The van der Waals surface area contributed by atoms with Crippen molar-refractivity contribution in [1.82, 2.24) is 0 Å². The van der Waals surface area contributed by atoms with E-state index < -0.39 is 0 Å². The molecule has 0 radical (unpaired) electrons. The first-order chi connectivity index (χ1) is 17.7. The largest absolute Gasteiger partial charge is 0.103 e. The van der Waals surface area contributed by atoms with Crippen LogP contribution in [0, 0.1) is 5.92 Å². The molecule has 1 aromatic rings. The number of hydrogen-bond acceptors (Lipinski definition) is 0. The average Bonchev–Trinajstić information content (AvgIpc) is 2.93. The summed E-state index contributed by atoms with van der Waals surface area (Å²) in [7, 11) is 0. The Labute approximate surface area is 230 Å². The third-order valence-corrected chi connectivity index (χ3v) is 7.30. The van der Waals surface area contributed by atoms with Crippen LogP contribution in [-0.4, -0.2) is 0 Å². The molecule has 0 bridgehead atoms. The molecule has 0 heteroatoms. The highest BCUT2D eigenvalue weighted by atomic mass is 14.1. The van der Waals surface area contributed by atoms with Crippen LogP contribution in [0.3, 0.4) is 0 Å². The number of hydrogen-bond donors (Lipinski definition) is 0. The van der Waals surface area contributed by atoms with Gasteiger partial charge in [0.05, 0.1) is 0 Å². The Hall–Kier alpha value is -1.04. The van der Waals surface area contributed by atoms with E-state index in [1.165, 1.54) is 134 Å². The third-order valence-electron chi connectivity index (χ3n) is 7.30. The number of unbranched alkanes of at least 4 members (excludes halogenated alkanes) is 15. The van der Waals surface area contributed by atoms with E-state index >= 15 is 0 Å². The fourth-order valence-electron chi connectivity index (χ4n) is 4.58. The molecule has 0 N–H and O–H groups in total. The van der Waals surface area contributed by atoms with Crippen LogP contribution in [0.15, 0.2) is 43.0 Å². The minimum atomic E-state index is 1.02. The summed E-state index contributed by atoms with van der Waals surface area (Å²) in [6.07, 6.45) is 33.4. The van der Waals surface area contributed by atoms with Gasteiger partial charge < -0.3 is 0 Å². The van der Waals surface area contributed by atoms with Gasteiger partial charge >= 0.3 is 0 Å². The molecule has 0 heterocycles. The summed E-state index contributed by atoms with van der Waals surface area (Å²) in [5, 5.41) is 0. The average molecular weight is 501 g/mol. The topological polar surface area (TPSA) is 0 Å². The van der Waals surface area contributed by atoms with Crippen molar-refractivity contribution >= 4 is 0 Å². The molecule has 1 aromatic carbocycles. The van der Waals surface area contributed by atoms with E-state index in [0.29, 0.717) is 0 Å². The maximum absolute atomic E-state index is 3.48. The van der Waals surface area contributed by atoms with Gasteiger partial charge in [-0.3, -0.25) is 0 Å². The monoisotopic (exact) mass is 501 g/mol. The Morgan fingerprint density at radius 3 is 1.19 bits per heavy atom. The van der Waals surface area contributed by atoms with Crippen LogP contribution in [0.2, 0.25) is 0 Å². The smallest absolute Gasteiger partial charge is 0.0307 e. The fourth-order valence-corrected chi connectivity index (χ4v) is 4.58. The Morgan fingerprint density at radius 2 is 0.917 bits per heavy atom. The van der Waals surface area contributed by atoms with Crippen LogP contribution in [-0.2, 0) is 6.42 Å². The lowest BCUT2D eigenvalue weighted by Gasteiger charge is -2.14. The summed E-state index contributed by atoms with van der Waals surface area (Å²) in [5.74, 6) is 1.02. The van der Waals surface area contributed by atoms with Crippen LogP contribution in [0.1, 0.15) is 175 Å². The van der Waals surface area contributed by atoms with Crippen molar-refractivity contribution in [2.24, 2.45) is 5.92 Å². The molecule has 1 unspecified atom stereocenters. The molecule has 0 aliphatic carbocycles. The lowest BCUT2D eigenvalue weighted by Crippen LogP contribution is -1.99. The van der Waals surface area contributed by atoms with Crippen molar-refractivity contribution in [2.45, 2.75) is 176 Å². The van der Waals surface area contributed by atoms with Gasteiger partial charge in [0.15, 0.2) is 0 Å². The molecule has 0 aliphatic rings. The number of aryl methyl sites for hydroxylation is 1. The van der Waals surface area contributed by atoms with Gasteiger partial charge in [-0.05, 0) is 24.3 Å². The molecule has 0 saturated carbocycles. The Balaban J connectivity index is 0. The van der Waals surface area contributed by atoms with Gasteiger partial charge in [-0.2, -0.15) is 0 Å². The number of benzene rings is 1. The summed E-state index contributed by atoms with van der Waals surface area (Å²) < 4.78 is 0. The summed E-state index contributed by atoms with van der Waals surface area (Å²) in [6, 6.07) is 10.5. The third kappa shape index (κ3) is 31.0. The predicted molar refractivity (Wildman–Crippen MR) is 169 cm³/mol. The first kappa shape index (κ1) is 37.1. The van der Waals surface area contributed by atoms with Crippen molar-refractivity contribution in [3.63, 3.8) is 0 Å². The molecule has 212 valence electrons. The van der Waals surface area contributed by atoms with E-state index in [1.54, 1.807) is 0 Å². The van der Waals surface area contributed by atoms with Gasteiger partial charge in [0.1, 0.15) is 0 Å². The summed E-state index contributed by atoms with van der Waals surface area (Å²) in [5.41, 5.74) is 1.41. The van der Waals surface area contributed by atoms with E-state index in [9.17, 15) is 0 Å². The van der Waals surface area contributed by atoms with Gasteiger partial charge in [0.25, 0.3) is 0 Å². The van der Waals surface area contributed by atoms with Crippen LogP contribution in [0.4, 0.5) is 0 Å². The van der Waals surface area contributed by atoms with Crippen LogP contribution in [0.5, 0.6) is 0 Å². The SMILES string of the molecule is C=CCC.CCCCCCCCCCCC(CC)CCCCCCCCCC.CCc1ccccc1. The quantitative estimate of drug-likeness (QED) is 0.110. The van der Waals surface area contributed by atoms with Crippen molar-refractivity contribution in [3.05, 3.63) is 48.6 Å². The molecule has 1 atom stereocenters. The van der Waals surface area contributed by atoms with Gasteiger partial charge in [-0.15, -0.1) is 6.58 Å². The molecular formula is C36H68. The molecule has 0 nitrogen and oxygen atoms in total. The second-order valence-corrected chi connectivity index (χ2v) is 10.7. The normalized spacial score (nSPS) is 11.1. The molecular weight excluding hydrogens is 432 g/mol. The second kappa shape index (κ2) is 34.0. The minimum absolute atomic E-state index is 1.02. The van der Waals surface area contributed by atoms with Crippen molar-refractivity contribution in [3.8, 4) is 0 Å². The molecule has 0 spiro atoms. The van der Waals surface area contributed by atoms with E-state index in [-0.39, 0.29) is 0 Å². The molecule has 1 rings (SSSR count). The van der Waals surface area contributed by atoms with E-state index in [0.717, 1.165) is 18.8 Å². The first-order valence-electron chi connectivity index (χ1n) is 16.3. The Bertz CT molecular complexity index is 488. The highest BCUT2D eigenvalue weighted by Crippen LogP contribution is 2.22. The number of allylic oxidation sites excluding steroid dienone is 1. The standard InChI is InChI=1S/C24H50.C8H10.C4H8/c1-4-7-9-11-13-15-17-19-21-23-24(6-3)22-20-18-16-14-12-10-8-5-2;1-2-8-6-4-3-5-7-8;1-3-4-2/h24H,4-23H2,1-3H3;3-7H,2H2,1H3;3H,1,4H2,2H3. The summed E-state index contributed by atoms with van der Waals surface area (Å²) in [6.45, 7) is 14.7.